The van der Waals surface area contributed by atoms with Gasteiger partial charge in [0.15, 0.2) is 0 Å². The Morgan fingerprint density at radius 2 is 2.16 bits per heavy atom. The lowest BCUT2D eigenvalue weighted by Crippen LogP contribution is -2.27. The predicted molar refractivity (Wildman–Crippen MR) is 77.5 cm³/mol. The number of aromatic nitrogens is 2. The number of sulfonamides is 1. The van der Waals surface area contributed by atoms with Crippen LogP contribution in [-0.4, -0.2) is 30.5 Å². The third-order valence-corrected chi connectivity index (χ3v) is 3.76. The van der Waals surface area contributed by atoms with Crippen molar-refractivity contribution in [1.82, 2.24) is 9.78 Å². The highest BCUT2D eigenvalue weighted by Crippen LogP contribution is 2.15. The highest BCUT2D eigenvalue weighted by molar-refractivity contribution is 9.10. The van der Waals surface area contributed by atoms with Gasteiger partial charge >= 0.3 is 0 Å². The van der Waals surface area contributed by atoms with Gasteiger partial charge in [-0.1, -0.05) is 13.8 Å². The molecule has 1 rings (SSSR count). The maximum Gasteiger partial charge on any atom is 0.283 e. The largest absolute Gasteiger partial charge is 0.382 e. The molecule has 7 nitrogen and oxygen atoms in total. The Morgan fingerprint density at radius 3 is 2.68 bits per heavy atom. The Morgan fingerprint density at radius 1 is 1.53 bits per heavy atom. The number of nitrogens with two attached hydrogens (primary N) is 1. The molecule has 0 bridgehead atoms. The van der Waals surface area contributed by atoms with E-state index in [1.165, 1.54) is 10.9 Å². The van der Waals surface area contributed by atoms with Crippen LogP contribution in [0.4, 0.5) is 5.69 Å². The van der Waals surface area contributed by atoms with E-state index in [2.05, 4.69) is 26.3 Å². The summed E-state index contributed by atoms with van der Waals surface area (Å²) in [5.41, 5.74) is 0.197. The summed E-state index contributed by atoms with van der Waals surface area (Å²) in [7, 11) is -3.52. The minimum atomic E-state index is -3.52. The summed E-state index contributed by atoms with van der Waals surface area (Å²) in [5.74, 6) is 0.0902. The van der Waals surface area contributed by atoms with E-state index in [-0.39, 0.29) is 17.9 Å². The van der Waals surface area contributed by atoms with Gasteiger partial charge in [-0.25, -0.2) is 18.2 Å². The van der Waals surface area contributed by atoms with E-state index in [0.29, 0.717) is 22.6 Å². The van der Waals surface area contributed by atoms with Crippen LogP contribution in [0, 0.1) is 5.92 Å². The van der Waals surface area contributed by atoms with E-state index in [1.807, 2.05) is 13.8 Å². The molecule has 0 aromatic carbocycles. The first-order valence-electron chi connectivity index (χ1n) is 5.70. The van der Waals surface area contributed by atoms with E-state index >= 15 is 0 Å². The first-order chi connectivity index (χ1) is 8.70. The molecule has 0 atom stereocenters. The lowest BCUT2D eigenvalue weighted by atomic mass is 10.2. The van der Waals surface area contributed by atoms with Crippen LogP contribution in [0.25, 0.3) is 0 Å². The summed E-state index contributed by atoms with van der Waals surface area (Å²) in [6.45, 7) is 4.61. The van der Waals surface area contributed by atoms with Gasteiger partial charge in [0, 0.05) is 13.1 Å². The molecule has 1 aromatic rings. The van der Waals surface area contributed by atoms with Crippen molar-refractivity contribution in [1.29, 1.82) is 0 Å². The summed E-state index contributed by atoms with van der Waals surface area (Å²) in [4.78, 5) is 12.0. The minimum Gasteiger partial charge on any atom is -0.382 e. The Hall–Kier alpha value is -0.930. The maximum atomic E-state index is 12.0. The minimum absolute atomic E-state index is 0.118. The quantitative estimate of drug-likeness (QED) is 0.768. The Kier molecular flexibility index (Phi) is 5.50. The highest BCUT2D eigenvalue weighted by atomic mass is 79.9. The third kappa shape index (κ3) is 5.29. The molecule has 0 fully saturated rings. The molecular weight excluding hydrogens is 336 g/mol. The Bertz CT molecular complexity index is 597. The smallest absolute Gasteiger partial charge is 0.283 e. The van der Waals surface area contributed by atoms with Crippen LogP contribution in [0.5, 0.6) is 0 Å². The number of nitrogens with one attached hydrogen (secondary N) is 1. The molecule has 1 aromatic heterocycles. The molecular formula is C10H17BrN4O3S. The number of rotatable bonds is 6. The average Bonchev–Trinajstić information content (AvgIpc) is 2.26. The zero-order valence-electron chi connectivity index (χ0n) is 10.8. The van der Waals surface area contributed by atoms with Crippen molar-refractivity contribution in [3.8, 4) is 0 Å². The summed E-state index contributed by atoms with van der Waals surface area (Å²) >= 11 is 3.19. The van der Waals surface area contributed by atoms with Crippen LogP contribution in [0.3, 0.4) is 0 Å². The van der Waals surface area contributed by atoms with E-state index < -0.39 is 10.0 Å². The Labute approximate surface area is 120 Å². The zero-order chi connectivity index (χ0) is 14.6. The predicted octanol–water partition coefficient (Wildman–Crippen LogP) is 0.362. The van der Waals surface area contributed by atoms with Gasteiger partial charge in [-0.3, -0.25) is 4.79 Å². The molecule has 0 radical (unpaired) electrons. The first-order valence-corrected chi connectivity index (χ1v) is 8.21. The van der Waals surface area contributed by atoms with Crippen molar-refractivity contribution in [2.45, 2.75) is 20.4 Å². The highest BCUT2D eigenvalue weighted by Gasteiger charge is 2.10. The van der Waals surface area contributed by atoms with Gasteiger partial charge in [-0.15, -0.1) is 0 Å². The van der Waals surface area contributed by atoms with Crippen molar-refractivity contribution in [3.05, 3.63) is 21.0 Å². The molecule has 3 N–H and O–H groups in total. The summed E-state index contributed by atoms with van der Waals surface area (Å²) in [6, 6.07) is 0. The number of anilines is 1. The molecule has 1 heterocycles. The lowest BCUT2D eigenvalue weighted by molar-refractivity contribution is 0.462. The van der Waals surface area contributed by atoms with Crippen molar-refractivity contribution >= 4 is 31.6 Å². The van der Waals surface area contributed by atoms with Gasteiger partial charge in [-0.05, 0) is 21.8 Å². The topological polar surface area (TPSA) is 107 Å². The fourth-order valence-corrected chi connectivity index (χ4v) is 2.23. The van der Waals surface area contributed by atoms with Crippen LogP contribution < -0.4 is 16.0 Å². The fourth-order valence-electron chi connectivity index (χ4n) is 1.39. The third-order valence-electron chi connectivity index (χ3n) is 2.23. The maximum absolute atomic E-state index is 12.0. The summed E-state index contributed by atoms with van der Waals surface area (Å²) in [6.07, 6.45) is 1.48. The number of halogens is 1. The molecule has 0 amide bonds. The standard InChI is InChI=1S/C10H17BrN4O3S/c1-7(2)6-15-10(16)9(11)8(5-14-15)13-3-4-19(12,17)18/h5,7,13H,3-4,6H2,1-2H3,(H2,12,17,18). The fraction of sp³-hybridized carbons (Fsp3) is 0.600. The van der Waals surface area contributed by atoms with Crippen molar-refractivity contribution < 1.29 is 8.42 Å². The normalized spacial score (nSPS) is 11.8. The van der Waals surface area contributed by atoms with E-state index in [4.69, 9.17) is 5.14 Å². The van der Waals surface area contributed by atoms with Crippen LogP contribution in [-0.2, 0) is 16.6 Å². The van der Waals surface area contributed by atoms with Gasteiger partial charge < -0.3 is 5.32 Å². The van der Waals surface area contributed by atoms with Gasteiger partial charge in [0.05, 0.1) is 17.6 Å². The van der Waals surface area contributed by atoms with Crippen LogP contribution in [0.15, 0.2) is 15.5 Å². The van der Waals surface area contributed by atoms with Gasteiger partial charge in [-0.2, -0.15) is 5.10 Å². The van der Waals surface area contributed by atoms with Gasteiger partial charge in [0.2, 0.25) is 10.0 Å². The number of hydrogen-bond donors (Lipinski definition) is 2. The van der Waals surface area contributed by atoms with Gasteiger partial charge in [0.25, 0.3) is 5.56 Å². The molecule has 0 aliphatic heterocycles. The number of primary sulfonamides is 1. The number of hydrogen-bond acceptors (Lipinski definition) is 5. The summed E-state index contributed by atoms with van der Waals surface area (Å²) in [5, 5.41) is 11.7. The molecule has 0 aliphatic rings. The van der Waals surface area contributed by atoms with Crippen LogP contribution >= 0.6 is 15.9 Å². The van der Waals surface area contributed by atoms with Crippen LogP contribution in [0.1, 0.15) is 13.8 Å². The van der Waals surface area contributed by atoms with Crippen molar-refractivity contribution in [2.24, 2.45) is 11.1 Å². The Balaban J connectivity index is 2.82. The lowest BCUT2D eigenvalue weighted by Gasteiger charge is -2.11. The van der Waals surface area contributed by atoms with Crippen molar-refractivity contribution in [2.75, 3.05) is 17.6 Å². The van der Waals surface area contributed by atoms with Crippen molar-refractivity contribution in [3.63, 3.8) is 0 Å². The van der Waals surface area contributed by atoms with E-state index in [9.17, 15) is 13.2 Å². The molecule has 0 saturated carbocycles. The molecule has 0 unspecified atom stereocenters. The van der Waals surface area contributed by atoms with Gasteiger partial charge in [0.1, 0.15) is 4.47 Å². The molecule has 0 saturated heterocycles. The van der Waals surface area contributed by atoms with E-state index in [1.54, 1.807) is 0 Å². The van der Waals surface area contributed by atoms with Crippen LogP contribution in [0.2, 0.25) is 0 Å². The monoisotopic (exact) mass is 352 g/mol. The zero-order valence-corrected chi connectivity index (χ0v) is 13.2. The second kappa shape index (κ2) is 6.49. The second-order valence-electron chi connectivity index (χ2n) is 4.55. The SMILES string of the molecule is CC(C)Cn1ncc(NCCS(N)(=O)=O)c(Br)c1=O. The second-order valence-corrected chi connectivity index (χ2v) is 7.07. The van der Waals surface area contributed by atoms with E-state index in [0.717, 1.165) is 0 Å². The molecule has 0 spiro atoms. The molecule has 108 valence electrons. The molecule has 0 aliphatic carbocycles. The average molecular weight is 353 g/mol. The number of nitrogens with zero attached hydrogens (tertiary/aromatic N) is 2. The molecule has 9 heteroatoms. The summed E-state index contributed by atoms with van der Waals surface area (Å²) < 4.78 is 23.3. The molecule has 19 heavy (non-hydrogen) atoms. The first kappa shape index (κ1) is 16.1.